The summed E-state index contributed by atoms with van der Waals surface area (Å²) in [5.41, 5.74) is 0. The fraction of sp³-hybridized carbons (Fsp3) is 1.00. The van der Waals surface area contributed by atoms with E-state index in [9.17, 15) is 5.11 Å². The van der Waals surface area contributed by atoms with Gasteiger partial charge in [-0.2, -0.15) is 0 Å². The van der Waals surface area contributed by atoms with Crippen molar-refractivity contribution in [2.24, 2.45) is 5.92 Å². The van der Waals surface area contributed by atoms with Crippen LogP contribution in [0.25, 0.3) is 0 Å². The predicted molar refractivity (Wildman–Crippen MR) is 46.2 cm³/mol. The van der Waals surface area contributed by atoms with E-state index in [-0.39, 0.29) is 6.23 Å². The molecule has 0 aliphatic carbocycles. The SMILES string of the molecule is CCC1CC(C)N(C)C(O)C1. The third kappa shape index (κ3) is 1.94. The highest BCUT2D eigenvalue weighted by molar-refractivity contribution is 4.78. The Hall–Kier alpha value is -0.0800. The van der Waals surface area contributed by atoms with Crippen LogP contribution >= 0.6 is 0 Å². The zero-order chi connectivity index (χ0) is 8.43. The van der Waals surface area contributed by atoms with Crippen molar-refractivity contribution in [2.45, 2.75) is 45.4 Å². The Balaban J connectivity index is 2.47. The van der Waals surface area contributed by atoms with Gasteiger partial charge < -0.3 is 5.11 Å². The molecule has 1 rings (SSSR count). The molecule has 1 saturated heterocycles. The zero-order valence-electron chi connectivity index (χ0n) is 7.75. The van der Waals surface area contributed by atoms with Gasteiger partial charge in [0, 0.05) is 6.04 Å². The molecule has 1 heterocycles. The summed E-state index contributed by atoms with van der Waals surface area (Å²) >= 11 is 0. The van der Waals surface area contributed by atoms with Crippen LogP contribution in [0.2, 0.25) is 0 Å². The van der Waals surface area contributed by atoms with E-state index in [4.69, 9.17) is 0 Å². The van der Waals surface area contributed by atoms with Gasteiger partial charge in [-0.25, -0.2) is 0 Å². The molecule has 0 amide bonds. The summed E-state index contributed by atoms with van der Waals surface area (Å²) in [4.78, 5) is 2.06. The van der Waals surface area contributed by atoms with Crippen LogP contribution in [-0.4, -0.2) is 29.3 Å². The molecular formula is C9H19NO. The first-order chi connectivity index (χ1) is 5.15. The molecule has 0 aromatic carbocycles. The van der Waals surface area contributed by atoms with E-state index >= 15 is 0 Å². The Morgan fingerprint density at radius 3 is 2.55 bits per heavy atom. The van der Waals surface area contributed by atoms with Crippen LogP contribution in [0.5, 0.6) is 0 Å². The van der Waals surface area contributed by atoms with Crippen molar-refractivity contribution in [2.75, 3.05) is 7.05 Å². The Morgan fingerprint density at radius 2 is 2.09 bits per heavy atom. The minimum Gasteiger partial charge on any atom is -0.378 e. The highest BCUT2D eigenvalue weighted by Gasteiger charge is 2.28. The molecule has 0 bridgehead atoms. The second kappa shape index (κ2) is 3.55. The van der Waals surface area contributed by atoms with Gasteiger partial charge in [0.05, 0.1) is 0 Å². The highest BCUT2D eigenvalue weighted by Crippen LogP contribution is 2.26. The highest BCUT2D eigenvalue weighted by atomic mass is 16.3. The lowest BCUT2D eigenvalue weighted by Gasteiger charge is -2.38. The predicted octanol–water partition coefficient (Wildman–Crippen LogP) is 1.45. The fourth-order valence-electron chi connectivity index (χ4n) is 1.84. The molecule has 1 fully saturated rings. The minimum atomic E-state index is -0.205. The molecule has 1 aliphatic rings. The summed E-state index contributed by atoms with van der Waals surface area (Å²) in [6.07, 6.45) is 3.19. The zero-order valence-corrected chi connectivity index (χ0v) is 7.75. The maximum atomic E-state index is 9.58. The maximum Gasteiger partial charge on any atom is 0.107 e. The van der Waals surface area contributed by atoms with Crippen molar-refractivity contribution in [1.82, 2.24) is 4.90 Å². The van der Waals surface area contributed by atoms with Crippen LogP contribution in [0.1, 0.15) is 33.1 Å². The van der Waals surface area contributed by atoms with E-state index in [0.29, 0.717) is 6.04 Å². The molecule has 0 aromatic rings. The van der Waals surface area contributed by atoms with Crippen LogP contribution in [0, 0.1) is 5.92 Å². The van der Waals surface area contributed by atoms with Gasteiger partial charge in [0.15, 0.2) is 0 Å². The molecule has 1 N–H and O–H groups in total. The van der Waals surface area contributed by atoms with Crippen molar-refractivity contribution in [3.8, 4) is 0 Å². The summed E-state index contributed by atoms with van der Waals surface area (Å²) in [5, 5.41) is 9.58. The van der Waals surface area contributed by atoms with Gasteiger partial charge in [-0.15, -0.1) is 0 Å². The summed E-state index contributed by atoms with van der Waals surface area (Å²) in [6.45, 7) is 4.39. The number of likely N-dealkylation sites (tertiary alicyclic amines) is 1. The quantitative estimate of drug-likeness (QED) is 0.622. The molecule has 0 spiro atoms. The van der Waals surface area contributed by atoms with Gasteiger partial charge in [0.2, 0.25) is 0 Å². The Kier molecular flexibility index (Phi) is 2.90. The maximum absolute atomic E-state index is 9.58. The van der Waals surface area contributed by atoms with E-state index < -0.39 is 0 Å². The smallest absolute Gasteiger partial charge is 0.107 e. The standard InChI is InChI=1S/C9H19NO/c1-4-8-5-7(2)10(3)9(11)6-8/h7-9,11H,4-6H2,1-3H3. The van der Waals surface area contributed by atoms with Gasteiger partial charge in [-0.3, -0.25) is 4.90 Å². The number of rotatable bonds is 1. The Morgan fingerprint density at radius 1 is 1.45 bits per heavy atom. The normalized spacial score (nSPS) is 40.9. The van der Waals surface area contributed by atoms with Crippen molar-refractivity contribution in [1.29, 1.82) is 0 Å². The number of hydrogen-bond donors (Lipinski definition) is 1. The van der Waals surface area contributed by atoms with E-state index in [0.717, 1.165) is 12.3 Å². The van der Waals surface area contributed by atoms with Crippen molar-refractivity contribution < 1.29 is 5.11 Å². The summed E-state index contributed by atoms with van der Waals surface area (Å²) in [7, 11) is 2.00. The van der Waals surface area contributed by atoms with Crippen LogP contribution in [-0.2, 0) is 0 Å². The van der Waals surface area contributed by atoms with Gasteiger partial charge in [-0.05, 0) is 32.7 Å². The molecule has 0 aromatic heterocycles. The molecule has 1 aliphatic heterocycles. The van der Waals surface area contributed by atoms with Crippen molar-refractivity contribution in [3.63, 3.8) is 0 Å². The minimum absolute atomic E-state index is 0.205. The third-order valence-corrected chi connectivity index (χ3v) is 2.96. The van der Waals surface area contributed by atoms with Crippen LogP contribution in [0.15, 0.2) is 0 Å². The summed E-state index contributed by atoms with van der Waals surface area (Å²) in [5.74, 6) is 0.733. The average molecular weight is 157 g/mol. The Bertz CT molecular complexity index is 115. The average Bonchev–Trinajstić information content (AvgIpc) is 1.99. The Labute approximate surface area is 69.2 Å². The van der Waals surface area contributed by atoms with Gasteiger partial charge in [0.1, 0.15) is 6.23 Å². The molecular weight excluding hydrogens is 138 g/mol. The molecule has 0 radical (unpaired) electrons. The molecule has 3 atom stereocenters. The molecule has 3 unspecified atom stereocenters. The van der Waals surface area contributed by atoms with E-state index in [2.05, 4.69) is 18.7 Å². The number of hydrogen-bond acceptors (Lipinski definition) is 2. The lowest BCUT2D eigenvalue weighted by Crippen LogP contribution is -2.45. The number of aliphatic hydroxyl groups is 1. The fourth-order valence-corrected chi connectivity index (χ4v) is 1.84. The monoisotopic (exact) mass is 157 g/mol. The van der Waals surface area contributed by atoms with Gasteiger partial charge in [-0.1, -0.05) is 13.3 Å². The van der Waals surface area contributed by atoms with Gasteiger partial charge in [0.25, 0.3) is 0 Å². The molecule has 11 heavy (non-hydrogen) atoms. The number of piperidine rings is 1. The van der Waals surface area contributed by atoms with E-state index in [1.54, 1.807) is 0 Å². The van der Waals surface area contributed by atoms with E-state index in [1.807, 2.05) is 7.05 Å². The van der Waals surface area contributed by atoms with E-state index in [1.165, 1.54) is 12.8 Å². The van der Waals surface area contributed by atoms with Crippen LogP contribution < -0.4 is 0 Å². The van der Waals surface area contributed by atoms with Crippen LogP contribution in [0.4, 0.5) is 0 Å². The lowest BCUT2D eigenvalue weighted by atomic mass is 9.89. The summed E-state index contributed by atoms with van der Waals surface area (Å²) in [6, 6.07) is 0.545. The largest absolute Gasteiger partial charge is 0.378 e. The first-order valence-electron chi connectivity index (χ1n) is 4.55. The van der Waals surface area contributed by atoms with Crippen LogP contribution in [0.3, 0.4) is 0 Å². The first-order valence-corrected chi connectivity index (χ1v) is 4.55. The number of nitrogens with zero attached hydrogens (tertiary/aromatic N) is 1. The van der Waals surface area contributed by atoms with Crippen molar-refractivity contribution >= 4 is 0 Å². The third-order valence-electron chi connectivity index (χ3n) is 2.96. The van der Waals surface area contributed by atoms with Crippen molar-refractivity contribution in [3.05, 3.63) is 0 Å². The second-order valence-electron chi connectivity index (χ2n) is 3.74. The first kappa shape index (κ1) is 9.01. The molecule has 66 valence electrons. The summed E-state index contributed by atoms with van der Waals surface area (Å²) < 4.78 is 0. The molecule has 2 heteroatoms. The number of aliphatic hydroxyl groups excluding tert-OH is 1. The second-order valence-corrected chi connectivity index (χ2v) is 3.74. The molecule has 0 saturated carbocycles. The lowest BCUT2D eigenvalue weighted by molar-refractivity contribution is -0.0540. The molecule has 2 nitrogen and oxygen atoms in total. The van der Waals surface area contributed by atoms with Gasteiger partial charge >= 0.3 is 0 Å². The topological polar surface area (TPSA) is 23.5 Å².